The number of cyclic esters (lactones) is 1. The van der Waals surface area contributed by atoms with Gasteiger partial charge in [0.15, 0.2) is 0 Å². The number of phenolic OH excluding ortho intramolecular Hbond substituents is 1. The number of alkyl halides is 6. The Kier molecular flexibility index (Phi) is 8.03. The summed E-state index contributed by atoms with van der Waals surface area (Å²) in [5.74, 6) is -0.809. The maximum Gasteiger partial charge on any atom is 0.416 e. The van der Waals surface area contributed by atoms with Gasteiger partial charge in [0, 0.05) is 24.2 Å². The van der Waals surface area contributed by atoms with Crippen LogP contribution in [0.1, 0.15) is 71.7 Å². The van der Waals surface area contributed by atoms with Crippen molar-refractivity contribution in [2.75, 3.05) is 18.0 Å². The number of hydrogen-bond acceptors (Lipinski definition) is 6. The highest BCUT2D eigenvalue weighted by Gasteiger charge is 2.44. The molecule has 3 heterocycles. The molecule has 250 valence electrons. The van der Waals surface area contributed by atoms with E-state index >= 15 is 0 Å². The van der Waals surface area contributed by atoms with Gasteiger partial charge in [0.1, 0.15) is 17.7 Å². The molecule has 2 saturated heterocycles. The van der Waals surface area contributed by atoms with Gasteiger partial charge in [-0.15, -0.1) is 0 Å². The first kappa shape index (κ1) is 32.5. The Bertz CT molecular complexity index is 1700. The summed E-state index contributed by atoms with van der Waals surface area (Å²) in [6.07, 6.45) is -10.7. The van der Waals surface area contributed by atoms with Gasteiger partial charge in [-0.2, -0.15) is 26.3 Å². The number of carbonyl (C=O) groups excluding carboxylic acids is 1. The molecule has 2 aromatic carbocycles. The first-order valence-corrected chi connectivity index (χ1v) is 15.1. The summed E-state index contributed by atoms with van der Waals surface area (Å²) in [4.78, 5) is 32.6. The molecule has 3 aromatic rings. The quantitative estimate of drug-likeness (QED) is 0.250. The Morgan fingerprint density at radius 3 is 2.17 bits per heavy atom. The van der Waals surface area contributed by atoms with Crippen molar-refractivity contribution in [2.45, 2.75) is 70.1 Å². The molecule has 0 radical (unpaired) electrons. The topological polar surface area (TPSA) is 103 Å². The fraction of sp³-hybridized carbons (Fsp3) is 0.424. The lowest BCUT2D eigenvalue weighted by molar-refractivity contribution is -0.145. The first-order chi connectivity index (χ1) is 22.0. The third-order valence-corrected chi connectivity index (χ3v) is 9.36. The number of carbonyl (C=O) groups is 2. The van der Waals surface area contributed by atoms with Crippen molar-refractivity contribution in [1.29, 1.82) is 0 Å². The monoisotopic (exact) mass is 663 g/mol. The van der Waals surface area contributed by atoms with Crippen molar-refractivity contribution in [2.24, 2.45) is 5.92 Å². The standard InChI is InChI=1S/C33H31F6N3O5/c1-16-8-27(41-6-3-7-41)40-25(28(16)24-13-18(4-5-26(24)43)19-9-21(10-19)30(44)45)15-42-17(2)29(47-31(42)46)20-11-22(32(34,35)36)14-23(12-20)33(37,38)39/h4-5,8,11-14,17,19,21,29,43H,3,6-7,9-10,15H2,1-2H3,(H,44,45)/t17-,19-,21-,29-/m0/s1. The summed E-state index contributed by atoms with van der Waals surface area (Å²) in [5, 5.41) is 20.3. The first-order valence-electron chi connectivity index (χ1n) is 15.1. The number of amides is 1. The molecule has 2 aliphatic heterocycles. The third kappa shape index (κ3) is 6.17. The van der Waals surface area contributed by atoms with Crippen LogP contribution in [0.25, 0.3) is 11.1 Å². The van der Waals surface area contributed by atoms with Crippen molar-refractivity contribution in [3.63, 3.8) is 0 Å². The van der Waals surface area contributed by atoms with E-state index < -0.39 is 59.2 Å². The van der Waals surface area contributed by atoms with E-state index in [1.165, 1.54) is 17.9 Å². The number of benzene rings is 2. The number of halogens is 6. The van der Waals surface area contributed by atoms with E-state index in [0.29, 0.717) is 53.2 Å². The highest BCUT2D eigenvalue weighted by molar-refractivity contribution is 5.78. The van der Waals surface area contributed by atoms with Gasteiger partial charge in [-0.1, -0.05) is 6.07 Å². The summed E-state index contributed by atoms with van der Waals surface area (Å²) < 4.78 is 86.9. The Hall–Kier alpha value is -4.49. The van der Waals surface area contributed by atoms with Gasteiger partial charge < -0.3 is 19.8 Å². The normalized spacial score (nSPS) is 22.9. The van der Waals surface area contributed by atoms with Crippen molar-refractivity contribution < 1.29 is 50.9 Å². The van der Waals surface area contributed by atoms with Gasteiger partial charge in [0.25, 0.3) is 0 Å². The molecule has 2 N–H and O–H groups in total. The Morgan fingerprint density at radius 1 is 0.979 bits per heavy atom. The number of carboxylic acid groups (broad SMARTS) is 1. The zero-order chi connectivity index (χ0) is 34.0. The second kappa shape index (κ2) is 11.6. The molecule has 8 nitrogen and oxygen atoms in total. The average Bonchev–Trinajstić information content (AvgIpc) is 3.19. The third-order valence-electron chi connectivity index (χ3n) is 9.36. The number of aromatic hydroxyl groups is 1. The molecule has 3 aliphatic rings. The van der Waals surface area contributed by atoms with Crippen LogP contribution >= 0.6 is 0 Å². The van der Waals surface area contributed by atoms with Crippen LogP contribution < -0.4 is 4.90 Å². The molecule has 1 saturated carbocycles. The van der Waals surface area contributed by atoms with Crippen LogP contribution in [0, 0.1) is 12.8 Å². The van der Waals surface area contributed by atoms with E-state index in [2.05, 4.69) is 0 Å². The molecule has 3 fully saturated rings. The molecular formula is C33H31F6N3O5. The number of aromatic nitrogens is 1. The molecule has 14 heteroatoms. The fourth-order valence-electron chi connectivity index (χ4n) is 6.47. The maximum absolute atomic E-state index is 13.6. The molecule has 0 bridgehead atoms. The molecule has 47 heavy (non-hydrogen) atoms. The van der Waals surface area contributed by atoms with E-state index in [9.17, 15) is 46.1 Å². The van der Waals surface area contributed by atoms with Crippen LogP contribution in [0.4, 0.5) is 37.0 Å². The molecule has 6 rings (SSSR count). The summed E-state index contributed by atoms with van der Waals surface area (Å²) >= 11 is 0. The largest absolute Gasteiger partial charge is 0.507 e. The van der Waals surface area contributed by atoms with Gasteiger partial charge in [-0.3, -0.25) is 9.69 Å². The van der Waals surface area contributed by atoms with Crippen molar-refractivity contribution in [3.05, 3.63) is 76.0 Å². The van der Waals surface area contributed by atoms with Crippen LogP contribution in [0.3, 0.4) is 0 Å². The number of nitrogens with zero attached hydrogens (tertiary/aromatic N) is 3. The van der Waals surface area contributed by atoms with Crippen molar-refractivity contribution in [1.82, 2.24) is 9.88 Å². The minimum absolute atomic E-state index is 0.0228. The predicted octanol–water partition coefficient (Wildman–Crippen LogP) is 7.67. The number of rotatable bonds is 7. The van der Waals surface area contributed by atoms with Crippen LogP contribution in [0.15, 0.2) is 42.5 Å². The molecule has 0 unspecified atom stereocenters. The molecule has 1 aliphatic carbocycles. The van der Waals surface area contributed by atoms with E-state index in [4.69, 9.17) is 9.72 Å². The highest BCUT2D eigenvalue weighted by atomic mass is 19.4. The zero-order valence-electron chi connectivity index (χ0n) is 25.3. The van der Waals surface area contributed by atoms with Gasteiger partial charge in [-0.05, 0) is 92.1 Å². The number of aryl methyl sites for hydroxylation is 1. The highest BCUT2D eigenvalue weighted by Crippen LogP contribution is 2.46. The summed E-state index contributed by atoms with van der Waals surface area (Å²) in [7, 11) is 0. The van der Waals surface area contributed by atoms with Crippen LogP contribution in [0.2, 0.25) is 0 Å². The predicted molar refractivity (Wildman–Crippen MR) is 157 cm³/mol. The summed E-state index contributed by atoms with van der Waals surface area (Å²) in [6.45, 7) is 4.57. The molecule has 0 spiro atoms. The Balaban J connectivity index is 1.37. The Labute approximate surface area is 265 Å². The number of hydrogen-bond donors (Lipinski definition) is 2. The van der Waals surface area contributed by atoms with Crippen molar-refractivity contribution >= 4 is 17.9 Å². The van der Waals surface area contributed by atoms with E-state index in [1.807, 2.05) is 17.9 Å². The smallest absolute Gasteiger partial charge is 0.416 e. The van der Waals surface area contributed by atoms with Gasteiger partial charge in [-0.25, -0.2) is 9.78 Å². The van der Waals surface area contributed by atoms with E-state index in [-0.39, 0.29) is 24.3 Å². The second-order valence-electron chi connectivity index (χ2n) is 12.5. The number of phenols is 1. The number of anilines is 1. The number of carboxylic acids is 1. The maximum atomic E-state index is 13.6. The summed E-state index contributed by atoms with van der Waals surface area (Å²) in [5.41, 5.74) is -0.673. The number of pyridine rings is 1. The van der Waals surface area contributed by atoms with Crippen LogP contribution in [-0.2, 0) is 28.4 Å². The van der Waals surface area contributed by atoms with Crippen molar-refractivity contribution in [3.8, 4) is 16.9 Å². The number of ether oxygens (including phenoxy) is 1. The van der Waals surface area contributed by atoms with Crippen LogP contribution in [0.5, 0.6) is 5.75 Å². The second-order valence-corrected chi connectivity index (χ2v) is 12.5. The van der Waals surface area contributed by atoms with Crippen LogP contribution in [-0.4, -0.2) is 51.3 Å². The molecular weight excluding hydrogens is 632 g/mol. The minimum atomic E-state index is -5.07. The lowest BCUT2D eigenvalue weighted by Gasteiger charge is -2.34. The van der Waals surface area contributed by atoms with Gasteiger partial charge in [0.2, 0.25) is 0 Å². The molecule has 2 atom stereocenters. The molecule has 1 amide bonds. The van der Waals surface area contributed by atoms with Gasteiger partial charge >= 0.3 is 24.4 Å². The fourth-order valence-corrected chi connectivity index (χ4v) is 6.47. The zero-order valence-corrected chi connectivity index (χ0v) is 25.3. The number of aliphatic carboxylic acids is 1. The SMILES string of the molecule is Cc1cc(N2CCC2)nc(CN2C(=O)O[C@H](c3cc(C(F)(F)F)cc(C(F)(F)F)c3)[C@@H]2C)c1-c1cc([C@H]2C[C@H](C(=O)O)C2)ccc1O. The van der Waals surface area contributed by atoms with E-state index in [1.54, 1.807) is 12.1 Å². The Morgan fingerprint density at radius 2 is 1.62 bits per heavy atom. The summed E-state index contributed by atoms with van der Waals surface area (Å²) in [6, 6.07) is 7.02. The molecule has 1 aromatic heterocycles. The lowest BCUT2D eigenvalue weighted by atomic mass is 9.71. The van der Waals surface area contributed by atoms with E-state index in [0.717, 1.165) is 25.1 Å². The average molecular weight is 664 g/mol. The lowest BCUT2D eigenvalue weighted by Crippen LogP contribution is -2.38. The minimum Gasteiger partial charge on any atom is -0.507 e. The van der Waals surface area contributed by atoms with Gasteiger partial charge in [0.05, 0.1) is 35.3 Å².